The van der Waals surface area contributed by atoms with Crippen LogP contribution in [-0.4, -0.2) is 36.4 Å². The van der Waals surface area contributed by atoms with Crippen molar-refractivity contribution in [3.8, 4) is 50.6 Å². The molecule has 234 valence electrons. The molecule has 0 unspecified atom stereocenters. The number of hydrogen-bond acceptors (Lipinski definition) is 6. The molecule has 15 heteroatoms. The Kier molecular flexibility index (Phi) is 8.93. The fraction of sp³-hybridized carbons (Fsp3) is 0.100. The average Bonchev–Trinajstić information content (AvgIpc) is 2.96. The molecular weight excluding hydrogens is 627 g/mol. The fourth-order valence-corrected chi connectivity index (χ4v) is 3.77. The predicted octanol–water partition coefficient (Wildman–Crippen LogP) is 8.09. The lowest BCUT2D eigenvalue weighted by atomic mass is 9.93. The van der Waals surface area contributed by atoms with Gasteiger partial charge >= 0.3 is 36.4 Å². The molecule has 0 spiro atoms. The molecule has 0 N–H and O–H groups in total. The van der Waals surface area contributed by atoms with Crippen LogP contribution in [0.2, 0.25) is 0 Å². The summed E-state index contributed by atoms with van der Waals surface area (Å²) in [5.41, 5.74) is 2.56. The van der Waals surface area contributed by atoms with E-state index in [0.717, 1.165) is 36.4 Å². The van der Waals surface area contributed by atoms with Gasteiger partial charge in [0.15, 0.2) is 0 Å². The summed E-state index contributed by atoms with van der Waals surface area (Å²) in [5.74, 6) is -8.46. The molecule has 6 nitrogen and oxygen atoms in total. The Bertz CT molecular complexity index is 1490. The van der Waals surface area contributed by atoms with Crippen LogP contribution in [0, 0.1) is 0 Å². The van der Waals surface area contributed by atoms with E-state index in [1.54, 1.807) is 18.2 Å². The molecular formula is C30H15F9O6. The average molecular weight is 642 g/mol. The van der Waals surface area contributed by atoms with Gasteiger partial charge < -0.3 is 14.2 Å². The van der Waals surface area contributed by atoms with Gasteiger partial charge in [0.05, 0.1) is 0 Å². The Balaban J connectivity index is 1.70. The number of benzene rings is 4. The molecule has 0 saturated carbocycles. The number of hydrogen-bond donors (Lipinski definition) is 0. The van der Waals surface area contributed by atoms with Crippen LogP contribution in [0.25, 0.3) is 33.4 Å². The highest BCUT2D eigenvalue weighted by molar-refractivity contribution is 5.83. The Labute approximate surface area is 246 Å². The number of carbonyl (C=O) groups excluding carboxylic acids is 3. The first kappa shape index (κ1) is 32.6. The Morgan fingerprint density at radius 3 is 0.733 bits per heavy atom. The summed E-state index contributed by atoms with van der Waals surface area (Å²) in [4.78, 5) is 33.4. The van der Waals surface area contributed by atoms with E-state index in [-0.39, 0.29) is 0 Å². The van der Waals surface area contributed by atoms with Gasteiger partial charge in [-0.1, -0.05) is 36.4 Å². The van der Waals surface area contributed by atoms with Crippen LogP contribution < -0.4 is 14.2 Å². The Morgan fingerprint density at radius 2 is 0.556 bits per heavy atom. The smallest absolute Gasteiger partial charge is 0.420 e. The van der Waals surface area contributed by atoms with Crippen molar-refractivity contribution in [2.24, 2.45) is 0 Å². The van der Waals surface area contributed by atoms with E-state index in [2.05, 4.69) is 14.2 Å². The van der Waals surface area contributed by atoms with Crippen LogP contribution >= 0.6 is 0 Å². The third-order valence-corrected chi connectivity index (χ3v) is 5.82. The van der Waals surface area contributed by atoms with Crippen LogP contribution in [0.4, 0.5) is 39.5 Å². The lowest BCUT2D eigenvalue weighted by molar-refractivity contribution is -0.189. The van der Waals surface area contributed by atoms with Gasteiger partial charge in [0.2, 0.25) is 0 Å². The van der Waals surface area contributed by atoms with Gasteiger partial charge in [-0.25, -0.2) is 14.4 Å². The summed E-state index contributed by atoms with van der Waals surface area (Å²) in [6.45, 7) is 0. The molecule has 0 atom stereocenters. The summed E-state index contributed by atoms with van der Waals surface area (Å²) in [7, 11) is 0. The first-order chi connectivity index (χ1) is 20.9. The standard InChI is InChI=1S/C30H15F9O6/c31-28(32,33)25(40)43-22-7-1-16(2-8-22)19-13-20(17-3-9-23(10-4-17)44-26(41)29(34,35)36)15-21(14-19)18-5-11-24(12-6-18)45-27(42)30(37,38)39/h1-15H. The fourth-order valence-electron chi connectivity index (χ4n) is 3.77. The summed E-state index contributed by atoms with van der Waals surface area (Å²) in [5, 5.41) is 0. The number of alkyl halides is 9. The Morgan fingerprint density at radius 1 is 0.356 bits per heavy atom. The van der Waals surface area contributed by atoms with Gasteiger partial charge in [-0.2, -0.15) is 39.5 Å². The summed E-state index contributed by atoms with van der Waals surface area (Å²) in [6.07, 6.45) is -15.7. The van der Waals surface area contributed by atoms with Crippen molar-refractivity contribution in [3.05, 3.63) is 91.0 Å². The summed E-state index contributed by atoms with van der Waals surface area (Å²) < 4.78 is 126. The molecule has 4 aromatic rings. The van der Waals surface area contributed by atoms with Crippen LogP contribution in [0.5, 0.6) is 17.2 Å². The molecule has 45 heavy (non-hydrogen) atoms. The lowest BCUT2D eigenvalue weighted by Crippen LogP contribution is -2.27. The van der Waals surface area contributed by atoms with Crippen molar-refractivity contribution in [2.75, 3.05) is 0 Å². The summed E-state index contributed by atoms with van der Waals surface area (Å²) >= 11 is 0. The maximum absolute atomic E-state index is 12.5. The third kappa shape index (κ3) is 8.40. The van der Waals surface area contributed by atoms with E-state index in [1.807, 2.05) is 0 Å². The van der Waals surface area contributed by atoms with E-state index in [4.69, 9.17) is 0 Å². The van der Waals surface area contributed by atoms with Gasteiger partial charge in [-0.3, -0.25) is 0 Å². The quantitative estimate of drug-likeness (QED) is 0.120. The van der Waals surface area contributed by atoms with Gasteiger partial charge in [0.25, 0.3) is 0 Å². The number of halogens is 9. The normalized spacial score (nSPS) is 11.9. The van der Waals surface area contributed by atoms with Gasteiger partial charge in [-0.05, 0) is 88.0 Å². The van der Waals surface area contributed by atoms with Crippen LogP contribution in [0.1, 0.15) is 0 Å². The van der Waals surface area contributed by atoms with Crippen LogP contribution in [-0.2, 0) is 14.4 Å². The van der Waals surface area contributed by atoms with Gasteiger partial charge in [0.1, 0.15) is 17.2 Å². The molecule has 0 saturated heterocycles. The maximum Gasteiger partial charge on any atom is 0.491 e. The van der Waals surface area contributed by atoms with Gasteiger partial charge in [0, 0.05) is 0 Å². The number of carbonyl (C=O) groups is 3. The number of esters is 3. The van der Waals surface area contributed by atoms with E-state index in [1.165, 1.54) is 36.4 Å². The molecule has 4 rings (SSSR count). The minimum absolute atomic E-state index is 0.398. The van der Waals surface area contributed by atoms with Crippen molar-refractivity contribution in [3.63, 3.8) is 0 Å². The molecule has 0 aromatic heterocycles. The molecule has 0 radical (unpaired) electrons. The highest BCUT2D eigenvalue weighted by atomic mass is 19.4. The van der Waals surface area contributed by atoms with E-state index < -0.39 is 53.7 Å². The monoisotopic (exact) mass is 642 g/mol. The second-order valence-corrected chi connectivity index (χ2v) is 9.03. The number of ether oxygens (including phenoxy) is 3. The highest BCUT2D eigenvalue weighted by Gasteiger charge is 2.42. The molecule has 0 fully saturated rings. The number of rotatable bonds is 6. The van der Waals surface area contributed by atoms with Crippen LogP contribution in [0.15, 0.2) is 91.0 Å². The minimum atomic E-state index is -5.22. The molecule has 0 amide bonds. The van der Waals surface area contributed by atoms with E-state index in [9.17, 15) is 53.9 Å². The maximum atomic E-state index is 12.5. The molecule has 0 aliphatic heterocycles. The van der Waals surface area contributed by atoms with E-state index in [0.29, 0.717) is 33.4 Å². The van der Waals surface area contributed by atoms with Crippen LogP contribution in [0.3, 0.4) is 0 Å². The lowest BCUT2D eigenvalue weighted by Gasteiger charge is -2.13. The highest BCUT2D eigenvalue weighted by Crippen LogP contribution is 2.35. The van der Waals surface area contributed by atoms with E-state index >= 15 is 0 Å². The largest absolute Gasteiger partial charge is 0.491 e. The predicted molar refractivity (Wildman–Crippen MR) is 138 cm³/mol. The molecule has 4 aromatic carbocycles. The minimum Gasteiger partial charge on any atom is -0.420 e. The zero-order valence-corrected chi connectivity index (χ0v) is 22.0. The van der Waals surface area contributed by atoms with Crippen molar-refractivity contribution in [1.29, 1.82) is 0 Å². The van der Waals surface area contributed by atoms with Gasteiger partial charge in [-0.15, -0.1) is 0 Å². The zero-order chi connectivity index (χ0) is 33.2. The summed E-state index contributed by atoms with van der Waals surface area (Å²) in [6, 6.07) is 19.6. The first-order valence-electron chi connectivity index (χ1n) is 12.2. The molecule has 0 bridgehead atoms. The Hall–Kier alpha value is -5.34. The second-order valence-electron chi connectivity index (χ2n) is 9.03. The zero-order valence-electron chi connectivity index (χ0n) is 22.0. The SMILES string of the molecule is O=C(Oc1ccc(-c2cc(-c3ccc(OC(=O)C(F)(F)F)cc3)cc(-c3ccc(OC(=O)C(F)(F)F)cc3)c2)cc1)C(F)(F)F. The first-order valence-corrected chi connectivity index (χ1v) is 12.2. The molecule has 0 heterocycles. The van der Waals surface area contributed by atoms with Crippen molar-refractivity contribution in [2.45, 2.75) is 18.5 Å². The van der Waals surface area contributed by atoms with Crippen molar-refractivity contribution in [1.82, 2.24) is 0 Å². The topological polar surface area (TPSA) is 78.9 Å². The molecule has 0 aliphatic rings. The second kappa shape index (κ2) is 12.3. The van der Waals surface area contributed by atoms with Crippen molar-refractivity contribution >= 4 is 17.9 Å². The third-order valence-electron chi connectivity index (χ3n) is 5.82. The molecule has 0 aliphatic carbocycles. The van der Waals surface area contributed by atoms with Crippen molar-refractivity contribution < 1.29 is 68.1 Å².